The molecule has 1 atom stereocenters. The summed E-state index contributed by atoms with van der Waals surface area (Å²) >= 11 is 0. The van der Waals surface area contributed by atoms with E-state index in [1.165, 1.54) is 14.0 Å². The Labute approximate surface area is 41.6 Å². The second-order valence-electron chi connectivity index (χ2n) is 1.05. The van der Waals surface area contributed by atoms with Crippen molar-refractivity contribution >= 4 is 0 Å². The van der Waals surface area contributed by atoms with Gasteiger partial charge in [-0.3, -0.25) is 5.43 Å². The summed E-state index contributed by atoms with van der Waals surface area (Å²) in [6, 6.07) is 0. The van der Waals surface area contributed by atoms with Crippen LogP contribution in [0.4, 0.5) is 4.39 Å². The van der Waals surface area contributed by atoms with E-state index < -0.39 is 6.30 Å². The highest BCUT2D eigenvalue weighted by atomic mass is 19.1. The third-order valence-electron chi connectivity index (χ3n) is 0.336. The van der Waals surface area contributed by atoms with Crippen LogP contribution >= 0.6 is 0 Å². The molecule has 0 aromatic rings. The van der Waals surface area contributed by atoms with Crippen molar-refractivity contribution in [3.8, 4) is 0 Å². The van der Waals surface area contributed by atoms with Crippen LogP contribution in [0.25, 0.3) is 0 Å². The third-order valence-corrected chi connectivity index (χ3v) is 0.336. The maximum absolute atomic E-state index is 11.6. The summed E-state index contributed by atoms with van der Waals surface area (Å²) in [5.41, 5.74) is 2.09. The van der Waals surface area contributed by atoms with Gasteiger partial charge in [0.2, 0.25) is 0 Å². The molecule has 0 saturated carbocycles. The number of rotatable bonds is 2. The molecule has 4 heteroatoms. The highest BCUT2D eigenvalue weighted by Crippen LogP contribution is 1.78. The Morgan fingerprint density at radius 3 is 2.43 bits per heavy atom. The van der Waals surface area contributed by atoms with E-state index in [4.69, 9.17) is 0 Å². The maximum Gasteiger partial charge on any atom is 0.183 e. The number of halogens is 1. The van der Waals surface area contributed by atoms with Gasteiger partial charge in [0.1, 0.15) is 0 Å². The molecular weight excluding hydrogens is 97.1 g/mol. The van der Waals surface area contributed by atoms with Crippen molar-refractivity contribution in [3.05, 3.63) is 0 Å². The number of nitrogens with zero attached hydrogens (tertiary/aromatic N) is 2. The van der Waals surface area contributed by atoms with Crippen molar-refractivity contribution in [1.29, 1.82) is 0 Å². The molecule has 7 heavy (non-hydrogen) atoms. The van der Waals surface area contributed by atoms with Gasteiger partial charge in [-0.15, -0.1) is 0 Å². The number of nitrogens with one attached hydrogen (secondary N) is 1. The van der Waals surface area contributed by atoms with E-state index in [0.29, 0.717) is 0 Å². The van der Waals surface area contributed by atoms with Gasteiger partial charge in [0.25, 0.3) is 0 Å². The van der Waals surface area contributed by atoms with E-state index in [2.05, 4.69) is 15.8 Å². The van der Waals surface area contributed by atoms with Crippen molar-refractivity contribution in [3.63, 3.8) is 0 Å². The first-order chi connectivity index (χ1) is 3.27. The van der Waals surface area contributed by atoms with Crippen LogP contribution in [0.15, 0.2) is 10.3 Å². The predicted octanol–water partition coefficient (Wildman–Crippen LogP) is 0.889. The van der Waals surface area contributed by atoms with Gasteiger partial charge >= 0.3 is 0 Å². The summed E-state index contributed by atoms with van der Waals surface area (Å²) in [6.07, 6.45) is -1.11. The number of hydrogen-bond donors (Lipinski definition) is 1. The van der Waals surface area contributed by atoms with E-state index in [0.717, 1.165) is 0 Å². The molecule has 0 aliphatic heterocycles. The molecule has 0 spiro atoms. The molecule has 0 radical (unpaired) electrons. The number of alkyl halides is 1. The quantitative estimate of drug-likeness (QED) is 0.316. The SMILES string of the molecule is CN=NNC(C)F. The van der Waals surface area contributed by atoms with Gasteiger partial charge < -0.3 is 0 Å². The van der Waals surface area contributed by atoms with Gasteiger partial charge in [0.05, 0.1) is 7.05 Å². The molecule has 1 unspecified atom stereocenters. The Kier molecular flexibility index (Phi) is 3.18. The molecule has 0 aliphatic rings. The van der Waals surface area contributed by atoms with Gasteiger partial charge in [-0.2, -0.15) is 5.11 Å². The maximum atomic E-state index is 11.6. The summed E-state index contributed by atoms with van der Waals surface area (Å²) in [6.45, 7) is 1.34. The summed E-state index contributed by atoms with van der Waals surface area (Å²) < 4.78 is 11.6. The van der Waals surface area contributed by atoms with Crippen LogP contribution in [0.5, 0.6) is 0 Å². The molecule has 0 aromatic heterocycles. The second-order valence-corrected chi connectivity index (χ2v) is 1.05. The Morgan fingerprint density at radius 2 is 2.29 bits per heavy atom. The van der Waals surface area contributed by atoms with Gasteiger partial charge in [0, 0.05) is 0 Å². The highest BCUT2D eigenvalue weighted by Gasteiger charge is 1.87. The molecule has 0 heterocycles. The van der Waals surface area contributed by atoms with Gasteiger partial charge in [0.15, 0.2) is 6.30 Å². The van der Waals surface area contributed by atoms with Crippen molar-refractivity contribution in [2.45, 2.75) is 13.2 Å². The molecule has 0 bridgehead atoms. The van der Waals surface area contributed by atoms with Gasteiger partial charge in [-0.25, -0.2) is 4.39 Å². The minimum atomic E-state index is -1.11. The normalized spacial score (nSPS) is 14.7. The van der Waals surface area contributed by atoms with Crippen molar-refractivity contribution < 1.29 is 4.39 Å². The topological polar surface area (TPSA) is 36.8 Å². The van der Waals surface area contributed by atoms with Gasteiger partial charge in [-0.1, -0.05) is 5.22 Å². The molecule has 0 rings (SSSR count). The molecule has 1 N–H and O–H groups in total. The van der Waals surface area contributed by atoms with E-state index in [1.54, 1.807) is 0 Å². The summed E-state index contributed by atoms with van der Waals surface area (Å²) in [7, 11) is 1.47. The minimum Gasteiger partial charge on any atom is -0.259 e. The molecule has 3 nitrogen and oxygen atoms in total. The van der Waals surface area contributed by atoms with Crippen LogP contribution in [0.1, 0.15) is 6.92 Å². The van der Waals surface area contributed by atoms with Crippen molar-refractivity contribution in [2.75, 3.05) is 7.05 Å². The average molecular weight is 105 g/mol. The zero-order chi connectivity index (χ0) is 5.70. The first-order valence-corrected chi connectivity index (χ1v) is 1.96. The Morgan fingerprint density at radius 1 is 1.71 bits per heavy atom. The average Bonchev–Trinajstić information content (AvgIpc) is 1.61. The van der Waals surface area contributed by atoms with Crippen LogP contribution in [0, 0.1) is 0 Å². The van der Waals surface area contributed by atoms with Crippen LogP contribution in [-0.2, 0) is 0 Å². The Bertz CT molecular complexity index is 61.2. The lowest BCUT2D eigenvalue weighted by Crippen LogP contribution is -2.12. The molecule has 0 fully saturated rings. The lowest BCUT2D eigenvalue weighted by molar-refractivity contribution is 0.297. The molecule has 0 amide bonds. The smallest absolute Gasteiger partial charge is 0.183 e. The highest BCUT2D eigenvalue weighted by molar-refractivity contribution is 4.30. The number of hydrogen-bond acceptors (Lipinski definition) is 2. The first-order valence-electron chi connectivity index (χ1n) is 1.96. The third kappa shape index (κ3) is 5.33. The van der Waals surface area contributed by atoms with Crippen LogP contribution in [0.2, 0.25) is 0 Å². The van der Waals surface area contributed by atoms with Crippen LogP contribution in [-0.4, -0.2) is 13.3 Å². The van der Waals surface area contributed by atoms with E-state index in [9.17, 15) is 4.39 Å². The standard InChI is InChI=1S/C3H8FN3/c1-3(4)6-7-5-2/h3H,1-2H3,(H,5,6). The van der Waals surface area contributed by atoms with E-state index >= 15 is 0 Å². The summed E-state index contributed by atoms with van der Waals surface area (Å²) in [4.78, 5) is 0. The van der Waals surface area contributed by atoms with Crippen molar-refractivity contribution in [2.24, 2.45) is 10.3 Å². The van der Waals surface area contributed by atoms with Crippen LogP contribution < -0.4 is 5.43 Å². The minimum absolute atomic E-state index is 1.11. The summed E-state index contributed by atoms with van der Waals surface area (Å²) in [5.74, 6) is 0. The predicted molar refractivity (Wildman–Crippen MR) is 24.5 cm³/mol. The largest absolute Gasteiger partial charge is 0.259 e. The molecule has 0 aliphatic carbocycles. The van der Waals surface area contributed by atoms with Crippen molar-refractivity contribution in [1.82, 2.24) is 5.43 Å². The lowest BCUT2D eigenvalue weighted by Gasteiger charge is -1.93. The Balaban J connectivity index is 2.97. The molecule has 42 valence electrons. The monoisotopic (exact) mass is 105 g/mol. The van der Waals surface area contributed by atoms with Crippen LogP contribution in [0.3, 0.4) is 0 Å². The Hall–Kier alpha value is -0.670. The van der Waals surface area contributed by atoms with E-state index in [1.807, 2.05) is 0 Å². The fourth-order valence-corrected chi connectivity index (χ4v) is 0.137. The zero-order valence-corrected chi connectivity index (χ0v) is 4.35. The second kappa shape index (κ2) is 3.52. The first kappa shape index (κ1) is 6.33. The molecule has 0 aromatic carbocycles. The lowest BCUT2D eigenvalue weighted by atomic mass is 10.8. The fourth-order valence-electron chi connectivity index (χ4n) is 0.137. The fraction of sp³-hybridized carbons (Fsp3) is 1.00. The summed E-state index contributed by atoms with van der Waals surface area (Å²) in [5, 5.41) is 6.42. The van der Waals surface area contributed by atoms with Gasteiger partial charge in [-0.05, 0) is 6.92 Å². The molecule has 0 saturated heterocycles. The molecular formula is C3H8FN3. The van der Waals surface area contributed by atoms with E-state index in [-0.39, 0.29) is 0 Å². The zero-order valence-electron chi connectivity index (χ0n) is 4.35.